The summed E-state index contributed by atoms with van der Waals surface area (Å²) < 4.78 is 18.0. The zero-order chi connectivity index (χ0) is 18.1. The topological polar surface area (TPSA) is 49.7 Å². The summed E-state index contributed by atoms with van der Waals surface area (Å²) in [5.74, 6) is 1.30. The van der Waals surface area contributed by atoms with E-state index in [1.165, 1.54) is 21.3 Å². The Labute approximate surface area is 146 Å². The van der Waals surface area contributed by atoms with Crippen molar-refractivity contribution in [3.63, 3.8) is 0 Å². The molecule has 1 heterocycles. The monoisotopic (exact) mass is 339 g/mol. The molecule has 0 aliphatic rings. The van der Waals surface area contributed by atoms with Gasteiger partial charge in [-0.1, -0.05) is 12.1 Å². The fourth-order valence-electron chi connectivity index (χ4n) is 3.04. The van der Waals surface area contributed by atoms with Crippen molar-refractivity contribution >= 4 is 16.7 Å². The summed E-state index contributed by atoms with van der Waals surface area (Å²) in [4.78, 5) is 13.1. The molecule has 0 aliphatic carbocycles. The van der Waals surface area contributed by atoms with Gasteiger partial charge < -0.3 is 18.8 Å². The summed E-state index contributed by atoms with van der Waals surface area (Å²) in [6.45, 7) is 2.03. The van der Waals surface area contributed by atoms with E-state index in [9.17, 15) is 4.79 Å². The quantitative estimate of drug-likeness (QED) is 0.665. The third kappa shape index (κ3) is 2.82. The van der Waals surface area contributed by atoms with Crippen molar-refractivity contribution in [2.24, 2.45) is 7.05 Å². The maximum atomic E-state index is 13.1. The van der Waals surface area contributed by atoms with Gasteiger partial charge in [0.2, 0.25) is 5.75 Å². The molecule has 0 amide bonds. The van der Waals surface area contributed by atoms with Gasteiger partial charge >= 0.3 is 0 Å². The number of benzene rings is 2. The average Bonchev–Trinajstić information content (AvgIpc) is 2.95. The summed E-state index contributed by atoms with van der Waals surface area (Å²) in [6.07, 6.45) is 1.86. The Balaban J connectivity index is 2.16. The minimum absolute atomic E-state index is 0.0892. The van der Waals surface area contributed by atoms with Crippen LogP contribution >= 0.6 is 0 Å². The fraction of sp³-hybridized carbons (Fsp3) is 0.250. The van der Waals surface area contributed by atoms with Crippen LogP contribution in [0.15, 0.2) is 36.5 Å². The number of hydrogen-bond donors (Lipinski definition) is 0. The highest BCUT2D eigenvalue weighted by Gasteiger charge is 2.20. The highest BCUT2D eigenvalue weighted by Crippen LogP contribution is 2.39. The predicted octanol–water partition coefficient (Wildman–Crippen LogP) is 3.74. The zero-order valence-electron chi connectivity index (χ0n) is 15.0. The number of nitrogens with zero attached hydrogens (tertiary/aromatic N) is 1. The van der Waals surface area contributed by atoms with Crippen LogP contribution in [0.5, 0.6) is 17.2 Å². The molecule has 3 rings (SSSR count). The second-order valence-electron chi connectivity index (χ2n) is 5.92. The Kier molecular flexibility index (Phi) is 4.40. The molecule has 3 aromatic rings. The molecule has 5 heteroatoms. The average molecular weight is 339 g/mol. The summed E-state index contributed by atoms with van der Waals surface area (Å²) in [6, 6.07) is 9.42. The molecule has 5 nitrogen and oxygen atoms in total. The lowest BCUT2D eigenvalue weighted by molar-refractivity contribution is 0.103. The molecule has 0 atom stereocenters. The molecule has 0 N–H and O–H groups in total. The number of aromatic nitrogens is 1. The molecule has 0 bridgehead atoms. The number of carbonyl (C=O) groups is 1. The van der Waals surface area contributed by atoms with Crippen LogP contribution in [0.2, 0.25) is 0 Å². The molecule has 0 radical (unpaired) electrons. The minimum atomic E-state index is -0.0892. The van der Waals surface area contributed by atoms with Crippen LogP contribution in [0.4, 0.5) is 0 Å². The van der Waals surface area contributed by atoms with Gasteiger partial charge in [0.25, 0.3) is 0 Å². The molecule has 130 valence electrons. The summed E-state index contributed by atoms with van der Waals surface area (Å²) >= 11 is 0. The Morgan fingerprint density at radius 2 is 1.60 bits per heavy atom. The van der Waals surface area contributed by atoms with E-state index in [0.29, 0.717) is 28.4 Å². The van der Waals surface area contributed by atoms with Crippen molar-refractivity contribution < 1.29 is 19.0 Å². The normalized spacial score (nSPS) is 10.8. The van der Waals surface area contributed by atoms with E-state index >= 15 is 0 Å². The van der Waals surface area contributed by atoms with Crippen LogP contribution in [-0.4, -0.2) is 31.7 Å². The Morgan fingerprint density at radius 1 is 0.960 bits per heavy atom. The van der Waals surface area contributed by atoms with Gasteiger partial charge in [-0.15, -0.1) is 0 Å². The second kappa shape index (κ2) is 6.51. The van der Waals surface area contributed by atoms with E-state index in [2.05, 4.69) is 6.07 Å². The fourth-order valence-corrected chi connectivity index (χ4v) is 3.04. The van der Waals surface area contributed by atoms with Crippen LogP contribution in [0.3, 0.4) is 0 Å². The molecule has 1 aromatic heterocycles. The van der Waals surface area contributed by atoms with E-state index in [1.54, 1.807) is 12.1 Å². The van der Waals surface area contributed by atoms with Crippen molar-refractivity contribution in [1.29, 1.82) is 0 Å². The van der Waals surface area contributed by atoms with Gasteiger partial charge in [0.1, 0.15) is 0 Å². The van der Waals surface area contributed by atoms with Crippen LogP contribution < -0.4 is 14.2 Å². The number of rotatable bonds is 5. The van der Waals surface area contributed by atoms with E-state index < -0.39 is 0 Å². The molecule has 0 saturated heterocycles. The van der Waals surface area contributed by atoms with Crippen molar-refractivity contribution in [3.8, 4) is 17.2 Å². The van der Waals surface area contributed by atoms with E-state index in [4.69, 9.17) is 14.2 Å². The number of ether oxygens (including phenoxy) is 3. The van der Waals surface area contributed by atoms with Crippen molar-refractivity contribution in [2.75, 3.05) is 21.3 Å². The lowest BCUT2D eigenvalue weighted by atomic mass is 10.0. The molecular weight excluding hydrogens is 318 g/mol. The zero-order valence-corrected chi connectivity index (χ0v) is 15.0. The predicted molar refractivity (Wildman–Crippen MR) is 97.2 cm³/mol. The minimum Gasteiger partial charge on any atom is -0.493 e. The Hall–Kier alpha value is -2.95. The Bertz CT molecular complexity index is 931. The smallest absolute Gasteiger partial charge is 0.203 e. The number of aryl methyl sites for hydroxylation is 2. The molecule has 0 spiro atoms. The SMILES string of the molecule is COc1cc(C(=O)c2cn(C)c3cc(C)ccc23)cc(OC)c1OC. The van der Waals surface area contributed by atoms with E-state index in [0.717, 1.165) is 16.5 Å². The molecule has 0 unspecified atom stereocenters. The van der Waals surface area contributed by atoms with Crippen molar-refractivity contribution in [1.82, 2.24) is 4.57 Å². The van der Waals surface area contributed by atoms with E-state index in [1.807, 2.05) is 36.9 Å². The lowest BCUT2D eigenvalue weighted by Gasteiger charge is -2.13. The van der Waals surface area contributed by atoms with Crippen LogP contribution in [-0.2, 0) is 7.05 Å². The van der Waals surface area contributed by atoms with Gasteiger partial charge in [-0.2, -0.15) is 0 Å². The van der Waals surface area contributed by atoms with Crippen LogP contribution in [0.25, 0.3) is 10.9 Å². The highest BCUT2D eigenvalue weighted by atomic mass is 16.5. The lowest BCUT2D eigenvalue weighted by Crippen LogP contribution is -2.04. The maximum absolute atomic E-state index is 13.1. The molecule has 0 fully saturated rings. The summed E-state index contributed by atoms with van der Waals surface area (Å²) in [7, 11) is 6.54. The van der Waals surface area contributed by atoms with Gasteiger partial charge in [0.15, 0.2) is 17.3 Å². The summed E-state index contributed by atoms with van der Waals surface area (Å²) in [5, 5.41) is 0.923. The van der Waals surface area contributed by atoms with Gasteiger partial charge in [-0.05, 0) is 30.7 Å². The first kappa shape index (κ1) is 16.9. The van der Waals surface area contributed by atoms with Gasteiger partial charge in [-0.25, -0.2) is 0 Å². The highest BCUT2D eigenvalue weighted by molar-refractivity contribution is 6.17. The number of fused-ring (bicyclic) bond motifs is 1. The summed E-state index contributed by atoms with van der Waals surface area (Å²) in [5.41, 5.74) is 3.31. The Morgan fingerprint density at radius 3 is 2.16 bits per heavy atom. The molecular formula is C20H21NO4. The first-order valence-corrected chi connectivity index (χ1v) is 7.90. The van der Waals surface area contributed by atoms with Gasteiger partial charge in [-0.3, -0.25) is 4.79 Å². The number of hydrogen-bond acceptors (Lipinski definition) is 4. The van der Waals surface area contributed by atoms with Gasteiger partial charge in [0, 0.05) is 35.3 Å². The molecule has 0 aliphatic heterocycles. The number of ketones is 1. The number of methoxy groups -OCH3 is 3. The third-order valence-electron chi connectivity index (χ3n) is 4.32. The maximum Gasteiger partial charge on any atom is 0.203 e. The van der Waals surface area contributed by atoms with E-state index in [-0.39, 0.29) is 5.78 Å². The first-order valence-electron chi connectivity index (χ1n) is 7.90. The van der Waals surface area contributed by atoms with Crippen LogP contribution in [0, 0.1) is 6.92 Å². The standard InChI is InChI=1S/C20H21NO4/c1-12-6-7-14-15(11-21(2)16(14)8-12)19(22)13-9-17(23-3)20(25-5)18(10-13)24-4/h6-11H,1-5H3. The second-order valence-corrected chi connectivity index (χ2v) is 5.92. The third-order valence-corrected chi connectivity index (χ3v) is 4.32. The molecule has 0 saturated carbocycles. The van der Waals surface area contributed by atoms with Gasteiger partial charge in [0.05, 0.1) is 21.3 Å². The van der Waals surface area contributed by atoms with Crippen molar-refractivity contribution in [2.45, 2.75) is 6.92 Å². The molecule has 25 heavy (non-hydrogen) atoms. The first-order chi connectivity index (χ1) is 12.0. The molecule has 2 aromatic carbocycles. The number of carbonyl (C=O) groups excluding carboxylic acids is 1. The van der Waals surface area contributed by atoms with Crippen LogP contribution in [0.1, 0.15) is 21.5 Å². The van der Waals surface area contributed by atoms with Crippen molar-refractivity contribution in [3.05, 3.63) is 53.2 Å². The largest absolute Gasteiger partial charge is 0.493 e.